The fraction of sp³-hybridized carbons (Fsp3) is 0.714. The van der Waals surface area contributed by atoms with Gasteiger partial charge in [0.1, 0.15) is 5.69 Å². The monoisotopic (exact) mass is 267 g/mol. The van der Waals surface area contributed by atoms with E-state index in [4.69, 9.17) is 0 Å². The van der Waals surface area contributed by atoms with Gasteiger partial charge in [0.2, 0.25) is 0 Å². The molecule has 0 saturated heterocycles. The Bertz CT molecular complexity index is 450. The van der Waals surface area contributed by atoms with Gasteiger partial charge in [-0.3, -0.25) is 9.48 Å². The molecule has 0 aromatic carbocycles. The van der Waals surface area contributed by atoms with Gasteiger partial charge in [-0.1, -0.05) is 27.7 Å². The highest BCUT2D eigenvalue weighted by molar-refractivity contribution is 5.92. The van der Waals surface area contributed by atoms with Gasteiger partial charge in [0.15, 0.2) is 0 Å². The fourth-order valence-corrected chi connectivity index (χ4v) is 2.23. The van der Waals surface area contributed by atoms with Crippen LogP contribution < -0.4 is 5.32 Å². The van der Waals surface area contributed by atoms with Crippen LogP contribution in [0.3, 0.4) is 0 Å². The van der Waals surface area contributed by atoms with Gasteiger partial charge in [-0.25, -0.2) is 0 Å². The first-order valence-electron chi connectivity index (χ1n) is 6.62. The predicted molar refractivity (Wildman–Crippen MR) is 74.9 cm³/mol. The third-order valence-electron chi connectivity index (χ3n) is 3.37. The van der Waals surface area contributed by atoms with Crippen LogP contribution in [0.1, 0.15) is 43.9 Å². The Balaban J connectivity index is 2.67. The van der Waals surface area contributed by atoms with E-state index in [1.54, 1.807) is 17.8 Å². The molecule has 0 bridgehead atoms. The molecule has 19 heavy (non-hydrogen) atoms. The van der Waals surface area contributed by atoms with Crippen molar-refractivity contribution in [1.82, 2.24) is 15.1 Å². The first-order valence-corrected chi connectivity index (χ1v) is 6.62. The molecule has 5 nitrogen and oxygen atoms in total. The Morgan fingerprint density at radius 2 is 2.11 bits per heavy atom. The maximum absolute atomic E-state index is 12.1. The van der Waals surface area contributed by atoms with Crippen LogP contribution in [0.2, 0.25) is 0 Å². The van der Waals surface area contributed by atoms with E-state index in [0.29, 0.717) is 12.2 Å². The van der Waals surface area contributed by atoms with Crippen molar-refractivity contribution < 1.29 is 9.90 Å². The number of nitrogens with zero attached hydrogens (tertiary/aromatic N) is 2. The molecule has 0 aliphatic rings. The van der Waals surface area contributed by atoms with E-state index in [1.165, 1.54) is 0 Å². The second-order valence-corrected chi connectivity index (χ2v) is 6.15. The molecular formula is C14H25N3O2. The number of nitrogens with one attached hydrogen (secondary N) is 1. The van der Waals surface area contributed by atoms with Crippen molar-refractivity contribution in [2.24, 2.45) is 18.4 Å². The standard InChI is InChI=1S/C14H25N3O2/c1-9(2)12(18)14(4,5)8-15-13(19)11-7-10(3)16-17(11)6/h7,9,12,18H,8H2,1-6H3,(H,15,19). The number of hydrogen-bond acceptors (Lipinski definition) is 3. The van der Waals surface area contributed by atoms with Crippen LogP contribution in [0.4, 0.5) is 0 Å². The summed E-state index contributed by atoms with van der Waals surface area (Å²) in [6.07, 6.45) is -0.457. The lowest BCUT2D eigenvalue weighted by Crippen LogP contribution is -2.43. The SMILES string of the molecule is Cc1cc(C(=O)NCC(C)(C)C(O)C(C)C)n(C)n1. The number of carbonyl (C=O) groups excluding carboxylic acids is 1. The number of rotatable bonds is 5. The third-order valence-corrected chi connectivity index (χ3v) is 3.37. The van der Waals surface area contributed by atoms with Gasteiger partial charge < -0.3 is 10.4 Å². The molecule has 2 N–H and O–H groups in total. The first kappa shape index (κ1) is 15.7. The summed E-state index contributed by atoms with van der Waals surface area (Å²) in [7, 11) is 1.75. The number of aryl methyl sites for hydroxylation is 2. The largest absolute Gasteiger partial charge is 0.392 e. The van der Waals surface area contributed by atoms with Crippen molar-refractivity contribution in [3.05, 3.63) is 17.5 Å². The summed E-state index contributed by atoms with van der Waals surface area (Å²) in [6.45, 7) is 10.1. The van der Waals surface area contributed by atoms with Crippen molar-refractivity contribution in [2.75, 3.05) is 6.54 Å². The molecule has 0 radical (unpaired) electrons. The molecule has 1 atom stereocenters. The smallest absolute Gasteiger partial charge is 0.269 e. The number of aromatic nitrogens is 2. The Morgan fingerprint density at radius 1 is 1.53 bits per heavy atom. The topological polar surface area (TPSA) is 67.2 Å². The number of aliphatic hydroxyl groups is 1. The van der Waals surface area contributed by atoms with Crippen LogP contribution in [0.5, 0.6) is 0 Å². The minimum Gasteiger partial charge on any atom is -0.392 e. The molecule has 0 saturated carbocycles. The number of amides is 1. The maximum Gasteiger partial charge on any atom is 0.269 e. The van der Waals surface area contributed by atoms with E-state index in [-0.39, 0.29) is 17.2 Å². The van der Waals surface area contributed by atoms with Gasteiger partial charge >= 0.3 is 0 Å². The van der Waals surface area contributed by atoms with Crippen molar-refractivity contribution in [1.29, 1.82) is 0 Å². The molecule has 1 unspecified atom stereocenters. The Morgan fingerprint density at radius 3 is 2.53 bits per heavy atom. The lowest BCUT2D eigenvalue weighted by atomic mass is 9.80. The average Bonchev–Trinajstić information content (AvgIpc) is 2.64. The zero-order valence-corrected chi connectivity index (χ0v) is 12.7. The Labute approximate surface area is 115 Å². The van der Waals surface area contributed by atoms with E-state index in [2.05, 4.69) is 10.4 Å². The van der Waals surface area contributed by atoms with E-state index >= 15 is 0 Å². The van der Waals surface area contributed by atoms with Crippen molar-refractivity contribution in [2.45, 2.75) is 40.7 Å². The molecule has 1 aromatic rings. The van der Waals surface area contributed by atoms with Gasteiger partial charge in [0.05, 0.1) is 11.8 Å². The molecule has 5 heteroatoms. The van der Waals surface area contributed by atoms with E-state index in [9.17, 15) is 9.90 Å². The fourth-order valence-electron chi connectivity index (χ4n) is 2.23. The second kappa shape index (κ2) is 5.74. The van der Waals surface area contributed by atoms with E-state index in [0.717, 1.165) is 5.69 Å². The molecule has 0 spiro atoms. The summed E-state index contributed by atoms with van der Waals surface area (Å²) >= 11 is 0. The van der Waals surface area contributed by atoms with Crippen LogP contribution in [0.15, 0.2) is 6.07 Å². The zero-order chi connectivity index (χ0) is 14.8. The third kappa shape index (κ3) is 3.80. The highest BCUT2D eigenvalue weighted by Crippen LogP contribution is 2.25. The Kier molecular flexibility index (Phi) is 4.74. The minimum atomic E-state index is -0.457. The van der Waals surface area contributed by atoms with Crippen molar-refractivity contribution >= 4 is 5.91 Å². The molecule has 108 valence electrons. The highest BCUT2D eigenvalue weighted by atomic mass is 16.3. The maximum atomic E-state index is 12.1. The van der Waals surface area contributed by atoms with Gasteiger partial charge in [-0.2, -0.15) is 5.10 Å². The summed E-state index contributed by atoms with van der Waals surface area (Å²) in [4.78, 5) is 12.1. The molecule has 1 heterocycles. The van der Waals surface area contributed by atoms with Crippen LogP contribution in [-0.2, 0) is 7.05 Å². The Hall–Kier alpha value is -1.36. The molecule has 0 aliphatic carbocycles. The molecule has 0 fully saturated rings. The normalized spacial score (nSPS) is 13.7. The molecule has 1 rings (SSSR count). The van der Waals surface area contributed by atoms with Gasteiger partial charge in [-0.05, 0) is 18.9 Å². The highest BCUT2D eigenvalue weighted by Gasteiger charge is 2.30. The first-order chi connectivity index (χ1) is 8.65. The summed E-state index contributed by atoms with van der Waals surface area (Å²) < 4.78 is 1.57. The van der Waals surface area contributed by atoms with E-state index < -0.39 is 6.10 Å². The molecular weight excluding hydrogens is 242 g/mol. The number of hydrogen-bond donors (Lipinski definition) is 2. The van der Waals surface area contributed by atoms with Crippen LogP contribution >= 0.6 is 0 Å². The molecule has 0 aliphatic heterocycles. The average molecular weight is 267 g/mol. The zero-order valence-electron chi connectivity index (χ0n) is 12.7. The lowest BCUT2D eigenvalue weighted by Gasteiger charge is -2.33. The second-order valence-electron chi connectivity index (χ2n) is 6.15. The predicted octanol–water partition coefficient (Wildman–Crippen LogP) is 1.50. The van der Waals surface area contributed by atoms with Crippen LogP contribution in [0, 0.1) is 18.3 Å². The van der Waals surface area contributed by atoms with Gasteiger partial charge in [0, 0.05) is 19.0 Å². The summed E-state index contributed by atoms with van der Waals surface area (Å²) in [6, 6.07) is 1.75. The molecule has 1 aromatic heterocycles. The minimum absolute atomic E-state index is 0.158. The molecule has 1 amide bonds. The van der Waals surface area contributed by atoms with Crippen LogP contribution in [-0.4, -0.2) is 33.4 Å². The summed E-state index contributed by atoms with van der Waals surface area (Å²) in [5.41, 5.74) is 0.985. The van der Waals surface area contributed by atoms with E-state index in [1.807, 2.05) is 34.6 Å². The van der Waals surface area contributed by atoms with Crippen molar-refractivity contribution in [3.8, 4) is 0 Å². The van der Waals surface area contributed by atoms with Crippen molar-refractivity contribution in [3.63, 3.8) is 0 Å². The number of carbonyl (C=O) groups is 1. The van der Waals surface area contributed by atoms with Gasteiger partial charge in [-0.15, -0.1) is 0 Å². The quantitative estimate of drug-likeness (QED) is 0.849. The van der Waals surface area contributed by atoms with Gasteiger partial charge in [0.25, 0.3) is 5.91 Å². The summed E-state index contributed by atoms with van der Waals surface area (Å²) in [5.74, 6) is -0.00187. The summed E-state index contributed by atoms with van der Waals surface area (Å²) in [5, 5.41) is 17.1. The number of aliphatic hydroxyl groups excluding tert-OH is 1. The van der Waals surface area contributed by atoms with Crippen LogP contribution in [0.25, 0.3) is 0 Å². The lowest BCUT2D eigenvalue weighted by molar-refractivity contribution is 0.0137.